The fourth-order valence-corrected chi connectivity index (χ4v) is 3.18. The van der Waals surface area contributed by atoms with E-state index in [-0.39, 0.29) is 12.5 Å². The molecular weight excluding hydrogens is 400 g/mol. The summed E-state index contributed by atoms with van der Waals surface area (Å²) in [5.74, 6) is 2.67. The Morgan fingerprint density at radius 2 is 1.52 bits per heavy atom. The number of methoxy groups -OCH3 is 4. The highest BCUT2D eigenvalue weighted by molar-refractivity contribution is 5.93. The second-order valence-corrected chi connectivity index (χ2v) is 6.68. The van der Waals surface area contributed by atoms with Crippen LogP contribution in [0.5, 0.6) is 28.7 Å². The number of carbonyl (C=O) groups is 1. The molecule has 0 atom stereocenters. The maximum absolute atomic E-state index is 12.7. The van der Waals surface area contributed by atoms with E-state index in [1.165, 1.54) is 21.3 Å². The minimum Gasteiger partial charge on any atom is -0.493 e. The molecule has 2 rings (SSSR count). The number of hydrogen-bond donors (Lipinski definition) is 1. The largest absolute Gasteiger partial charge is 0.493 e. The maximum atomic E-state index is 12.7. The van der Waals surface area contributed by atoms with Gasteiger partial charge < -0.3 is 29.0 Å². The van der Waals surface area contributed by atoms with Gasteiger partial charge in [0.1, 0.15) is 0 Å². The third-order valence-corrected chi connectivity index (χ3v) is 4.70. The second kappa shape index (κ2) is 11.9. The van der Waals surface area contributed by atoms with Gasteiger partial charge in [-0.1, -0.05) is 13.0 Å². The average molecular weight is 433 g/mol. The van der Waals surface area contributed by atoms with Crippen LogP contribution in [-0.2, 0) is 11.3 Å². The van der Waals surface area contributed by atoms with Crippen molar-refractivity contribution in [3.8, 4) is 28.7 Å². The number of ether oxygens (including phenoxy) is 5. The number of nitrogens with one attached hydrogen (secondary N) is 1. The van der Waals surface area contributed by atoms with Gasteiger partial charge in [0.25, 0.3) is 0 Å². The lowest BCUT2D eigenvalue weighted by atomic mass is 10.2. The number of benzene rings is 2. The molecule has 0 aliphatic carbocycles. The van der Waals surface area contributed by atoms with E-state index in [4.69, 9.17) is 23.7 Å². The van der Waals surface area contributed by atoms with Crippen LogP contribution in [0, 0.1) is 0 Å². The first-order valence-corrected chi connectivity index (χ1v) is 10.1. The molecule has 0 radical (unpaired) electrons. The summed E-state index contributed by atoms with van der Waals surface area (Å²) in [6.45, 7) is 6.04. The van der Waals surface area contributed by atoms with Crippen LogP contribution < -0.4 is 29.0 Å². The zero-order valence-corrected chi connectivity index (χ0v) is 19.1. The smallest absolute Gasteiger partial charge is 0.238 e. The topological polar surface area (TPSA) is 78.5 Å². The highest BCUT2D eigenvalue weighted by atomic mass is 16.5. The molecule has 0 heterocycles. The van der Waals surface area contributed by atoms with Gasteiger partial charge in [0.2, 0.25) is 11.7 Å². The number of likely N-dealkylation sites (N-methyl/N-ethyl adjacent to an activating group) is 1. The molecule has 1 amide bonds. The molecule has 0 saturated carbocycles. The van der Waals surface area contributed by atoms with Crippen molar-refractivity contribution in [2.45, 2.75) is 20.4 Å². The summed E-state index contributed by atoms with van der Waals surface area (Å²) in [7, 11) is 6.22. The number of nitrogens with zero attached hydrogens (tertiary/aromatic N) is 1. The van der Waals surface area contributed by atoms with Crippen molar-refractivity contribution in [1.82, 2.24) is 4.90 Å². The van der Waals surface area contributed by atoms with Gasteiger partial charge in [0.05, 0.1) is 41.6 Å². The fourth-order valence-electron chi connectivity index (χ4n) is 3.18. The van der Waals surface area contributed by atoms with E-state index >= 15 is 0 Å². The first kappa shape index (κ1) is 24.1. The first-order chi connectivity index (χ1) is 15.0. The highest BCUT2D eigenvalue weighted by Crippen LogP contribution is 2.39. The zero-order valence-electron chi connectivity index (χ0n) is 19.1. The molecule has 0 aromatic heterocycles. The fraction of sp³-hybridized carbons (Fsp3) is 0.435. The quantitative estimate of drug-likeness (QED) is 0.549. The molecule has 170 valence electrons. The van der Waals surface area contributed by atoms with Crippen molar-refractivity contribution in [3.63, 3.8) is 0 Å². The number of rotatable bonds is 12. The third kappa shape index (κ3) is 6.42. The molecule has 2 aromatic carbocycles. The molecule has 0 spiro atoms. The minimum atomic E-state index is -0.144. The average Bonchev–Trinajstić information content (AvgIpc) is 2.78. The predicted molar refractivity (Wildman–Crippen MR) is 120 cm³/mol. The minimum absolute atomic E-state index is 0.144. The van der Waals surface area contributed by atoms with Crippen LogP contribution in [0.3, 0.4) is 0 Å². The van der Waals surface area contributed by atoms with Crippen LogP contribution >= 0.6 is 0 Å². The van der Waals surface area contributed by atoms with Gasteiger partial charge in [-0.25, -0.2) is 0 Å². The standard InChI is InChI=1S/C23H32N2O6/c1-7-25(14-16-9-10-18(31-8-2)19(11-16)27-3)15-22(26)24-17-12-20(28-4)23(30-6)21(13-17)29-5/h9-13H,7-8,14-15H2,1-6H3,(H,24,26). The Hall–Kier alpha value is -3.13. The van der Waals surface area contributed by atoms with Crippen molar-refractivity contribution >= 4 is 11.6 Å². The van der Waals surface area contributed by atoms with E-state index in [9.17, 15) is 4.79 Å². The highest BCUT2D eigenvalue weighted by Gasteiger charge is 2.16. The Balaban J connectivity index is 2.08. The van der Waals surface area contributed by atoms with Crippen molar-refractivity contribution < 1.29 is 28.5 Å². The van der Waals surface area contributed by atoms with Crippen molar-refractivity contribution in [3.05, 3.63) is 35.9 Å². The van der Waals surface area contributed by atoms with Gasteiger partial charge in [0.15, 0.2) is 23.0 Å². The number of carbonyl (C=O) groups excluding carboxylic acids is 1. The molecule has 1 N–H and O–H groups in total. The van der Waals surface area contributed by atoms with Crippen LogP contribution in [-0.4, -0.2) is 58.9 Å². The van der Waals surface area contributed by atoms with Crippen molar-refractivity contribution in [1.29, 1.82) is 0 Å². The predicted octanol–water partition coefficient (Wildman–Crippen LogP) is 3.58. The molecule has 0 fully saturated rings. The van der Waals surface area contributed by atoms with Crippen LogP contribution in [0.25, 0.3) is 0 Å². The summed E-state index contributed by atoms with van der Waals surface area (Å²) in [5.41, 5.74) is 1.60. The van der Waals surface area contributed by atoms with Crippen LogP contribution in [0.2, 0.25) is 0 Å². The van der Waals surface area contributed by atoms with E-state index in [0.29, 0.717) is 54.1 Å². The molecule has 0 aliphatic heterocycles. The summed E-state index contributed by atoms with van der Waals surface area (Å²) in [6, 6.07) is 9.21. The van der Waals surface area contributed by atoms with E-state index in [1.807, 2.05) is 36.9 Å². The number of anilines is 1. The number of hydrogen-bond acceptors (Lipinski definition) is 7. The SMILES string of the molecule is CCOc1ccc(CN(CC)CC(=O)Nc2cc(OC)c(OC)c(OC)c2)cc1OC. The summed E-state index contributed by atoms with van der Waals surface area (Å²) < 4.78 is 27.0. The molecule has 2 aromatic rings. The number of amides is 1. The first-order valence-electron chi connectivity index (χ1n) is 10.1. The van der Waals surface area contributed by atoms with E-state index in [2.05, 4.69) is 5.32 Å². The van der Waals surface area contributed by atoms with Gasteiger partial charge in [0, 0.05) is 24.4 Å². The lowest BCUT2D eigenvalue weighted by Crippen LogP contribution is -2.32. The Morgan fingerprint density at radius 1 is 0.871 bits per heavy atom. The van der Waals surface area contributed by atoms with Crippen molar-refractivity contribution in [2.75, 3.05) is 53.5 Å². The Labute approximate surface area is 184 Å². The van der Waals surface area contributed by atoms with E-state index in [1.54, 1.807) is 19.2 Å². The molecule has 0 bridgehead atoms. The Morgan fingerprint density at radius 3 is 2.03 bits per heavy atom. The molecular formula is C23H32N2O6. The van der Waals surface area contributed by atoms with Gasteiger partial charge in [-0.2, -0.15) is 0 Å². The lowest BCUT2D eigenvalue weighted by Gasteiger charge is -2.21. The molecule has 8 heteroatoms. The van der Waals surface area contributed by atoms with Crippen LogP contribution in [0.4, 0.5) is 5.69 Å². The van der Waals surface area contributed by atoms with E-state index < -0.39 is 0 Å². The molecule has 0 saturated heterocycles. The Bertz CT molecular complexity index is 846. The van der Waals surface area contributed by atoms with Gasteiger partial charge in [-0.3, -0.25) is 9.69 Å². The van der Waals surface area contributed by atoms with Gasteiger partial charge >= 0.3 is 0 Å². The monoisotopic (exact) mass is 432 g/mol. The molecule has 0 unspecified atom stereocenters. The third-order valence-electron chi connectivity index (χ3n) is 4.70. The molecule has 31 heavy (non-hydrogen) atoms. The normalized spacial score (nSPS) is 10.5. The van der Waals surface area contributed by atoms with Crippen LogP contribution in [0.15, 0.2) is 30.3 Å². The zero-order chi connectivity index (χ0) is 22.8. The Kier molecular flexibility index (Phi) is 9.27. The molecule has 0 aliphatic rings. The maximum Gasteiger partial charge on any atom is 0.238 e. The lowest BCUT2D eigenvalue weighted by molar-refractivity contribution is -0.117. The molecule has 8 nitrogen and oxygen atoms in total. The van der Waals surface area contributed by atoms with Crippen molar-refractivity contribution in [2.24, 2.45) is 0 Å². The van der Waals surface area contributed by atoms with Crippen LogP contribution in [0.1, 0.15) is 19.4 Å². The van der Waals surface area contributed by atoms with E-state index in [0.717, 1.165) is 5.56 Å². The second-order valence-electron chi connectivity index (χ2n) is 6.68. The summed E-state index contributed by atoms with van der Waals surface area (Å²) in [4.78, 5) is 14.7. The summed E-state index contributed by atoms with van der Waals surface area (Å²) >= 11 is 0. The van der Waals surface area contributed by atoms with Gasteiger partial charge in [-0.05, 0) is 31.2 Å². The summed E-state index contributed by atoms with van der Waals surface area (Å²) in [6.07, 6.45) is 0. The van der Waals surface area contributed by atoms with Gasteiger partial charge in [-0.15, -0.1) is 0 Å². The summed E-state index contributed by atoms with van der Waals surface area (Å²) in [5, 5.41) is 2.90.